The van der Waals surface area contributed by atoms with E-state index in [1.807, 2.05) is 45.0 Å². The molecule has 1 amide bonds. The second kappa shape index (κ2) is 7.74. The Morgan fingerprint density at radius 2 is 2.04 bits per heavy atom. The number of nitrogens with zero attached hydrogens (tertiary/aromatic N) is 1. The molecular weight excluding hydrogens is 348 g/mol. The van der Waals surface area contributed by atoms with Crippen molar-refractivity contribution in [3.05, 3.63) is 57.8 Å². The molecule has 0 aliphatic rings. The molecule has 0 saturated carbocycles. The Morgan fingerprint density at radius 1 is 1.23 bits per heavy atom. The molecular formula is C20H22N2O3S. The molecule has 1 N–H and O–H groups in total. The van der Waals surface area contributed by atoms with Gasteiger partial charge in [-0.3, -0.25) is 4.79 Å². The lowest BCUT2D eigenvalue weighted by molar-refractivity contribution is 0.0957. The maximum Gasteiger partial charge on any atom is 0.263 e. The summed E-state index contributed by atoms with van der Waals surface area (Å²) in [7, 11) is 1.66. The van der Waals surface area contributed by atoms with Gasteiger partial charge in [-0.25, -0.2) is 4.98 Å². The van der Waals surface area contributed by atoms with Crippen molar-refractivity contribution in [1.82, 2.24) is 10.3 Å². The standard InChI is InChI=1S/C20H22N2O3S/c1-12-5-7-16(24-4)15(11-12)9-10-21-19(23)18-14(3)22-20(26-18)17-8-6-13(2)25-17/h5-8,11H,9-10H2,1-4H3,(H,21,23). The first-order valence-corrected chi connectivity index (χ1v) is 9.25. The average Bonchev–Trinajstić information content (AvgIpc) is 3.21. The SMILES string of the molecule is COc1ccc(C)cc1CCNC(=O)c1sc(-c2ccc(C)o2)nc1C. The number of thiazole rings is 1. The molecule has 0 aliphatic heterocycles. The molecule has 6 heteroatoms. The number of carbonyl (C=O) groups is 1. The fourth-order valence-corrected chi connectivity index (χ4v) is 3.70. The van der Waals surface area contributed by atoms with Crippen LogP contribution in [-0.4, -0.2) is 24.5 Å². The van der Waals surface area contributed by atoms with E-state index in [4.69, 9.17) is 9.15 Å². The van der Waals surface area contributed by atoms with Crippen LogP contribution in [0, 0.1) is 20.8 Å². The number of rotatable bonds is 6. The highest BCUT2D eigenvalue weighted by molar-refractivity contribution is 7.17. The third kappa shape index (κ3) is 3.96. The first-order chi connectivity index (χ1) is 12.5. The van der Waals surface area contributed by atoms with Crippen molar-refractivity contribution >= 4 is 17.2 Å². The van der Waals surface area contributed by atoms with Gasteiger partial charge in [-0.05, 0) is 51.0 Å². The van der Waals surface area contributed by atoms with E-state index in [9.17, 15) is 4.79 Å². The van der Waals surface area contributed by atoms with Gasteiger partial charge in [0.15, 0.2) is 10.8 Å². The molecule has 0 spiro atoms. The Bertz CT molecular complexity index is 927. The Labute approximate surface area is 157 Å². The fraction of sp³-hybridized carbons (Fsp3) is 0.300. The zero-order chi connectivity index (χ0) is 18.7. The average molecular weight is 370 g/mol. The second-order valence-electron chi connectivity index (χ2n) is 6.17. The molecule has 0 radical (unpaired) electrons. The molecule has 0 fully saturated rings. The van der Waals surface area contributed by atoms with Gasteiger partial charge in [0.25, 0.3) is 5.91 Å². The number of nitrogens with one attached hydrogen (secondary N) is 1. The van der Waals surface area contributed by atoms with E-state index in [-0.39, 0.29) is 5.91 Å². The van der Waals surface area contributed by atoms with Gasteiger partial charge in [0.1, 0.15) is 16.4 Å². The number of methoxy groups -OCH3 is 1. The van der Waals surface area contributed by atoms with E-state index in [0.29, 0.717) is 29.3 Å². The Morgan fingerprint density at radius 3 is 2.73 bits per heavy atom. The Balaban J connectivity index is 1.66. The fourth-order valence-electron chi connectivity index (χ4n) is 2.76. The van der Waals surface area contributed by atoms with Crippen LogP contribution in [0.3, 0.4) is 0 Å². The predicted octanol–water partition coefficient (Wildman–Crippen LogP) is 4.31. The summed E-state index contributed by atoms with van der Waals surface area (Å²) in [4.78, 5) is 17.6. The molecule has 3 aromatic rings. The number of hydrogen-bond acceptors (Lipinski definition) is 5. The van der Waals surface area contributed by atoms with Crippen LogP contribution in [0.2, 0.25) is 0 Å². The number of ether oxygens (including phenoxy) is 1. The van der Waals surface area contributed by atoms with Gasteiger partial charge in [0.05, 0.1) is 12.8 Å². The number of hydrogen-bond donors (Lipinski definition) is 1. The lowest BCUT2D eigenvalue weighted by Crippen LogP contribution is -2.25. The van der Waals surface area contributed by atoms with E-state index in [0.717, 1.165) is 22.1 Å². The second-order valence-corrected chi connectivity index (χ2v) is 7.16. The number of furan rings is 1. The van der Waals surface area contributed by atoms with Gasteiger partial charge in [-0.1, -0.05) is 17.7 Å². The molecule has 2 heterocycles. The Hall–Kier alpha value is -2.60. The quantitative estimate of drug-likeness (QED) is 0.702. The third-order valence-electron chi connectivity index (χ3n) is 4.07. The topological polar surface area (TPSA) is 64.4 Å². The summed E-state index contributed by atoms with van der Waals surface area (Å²) < 4.78 is 11.0. The smallest absolute Gasteiger partial charge is 0.263 e. The van der Waals surface area contributed by atoms with Crippen LogP contribution in [-0.2, 0) is 6.42 Å². The highest BCUT2D eigenvalue weighted by Crippen LogP contribution is 2.29. The molecule has 3 rings (SSSR count). The van der Waals surface area contributed by atoms with Crippen LogP contribution in [0.1, 0.15) is 32.3 Å². The van der Waals surface area contributed by atoms with Crippen molar-refractivity contribution in [2.45, 2.75) is 27.2 Å². The van der Waals surface area contributed by atoms with E-state index in [1.165, 1.54) is 16.9 Å². The monoisotopic (exact) mass is 370 g/mol. The van der Waals surface area contributed by atoms with Crippen LogP contribution in [0.4, 0.5) is 0 Å². The van der Waals surface area contributed by atoms with Gasteiger partial charge in [0.2, 0.25) is 0 Å². The number of benzene rings is 1. The minimum absolute atomic E-state index is 0.110. The zero-order valence-electron chi connectivity index (χ0n) is 15.4. The van der Waals surface area contributed by atoms with Crippen molar-refractivity contribution in [2.24, 2.45) is 0 Å². The Kier molecular flexibility index (Phi) is 5.42. The normalized spacial score (nSPS) is 10.8. The molecule has 5 nitrogen and oxygen atoms in total. The lowest BCUT2D eigenvalue weighted by Gasteiger charge is -2.10. The van der Waals surface area contributed by atoms with Crippen LogP contribution in [0.15, 0.2) is 34.7 Å². The minimum Gasteiger partial charge on any atom is -0.496 e. The molecule has 0 aliphatic carbocycles. The summed E-state index contributed by atoms with van der Waals surface area (Å²) in [5.74, 6) is 2.25. The van der Waals surface area contributed by atoms with Gasteiger partial charge in [-0.15, -0.1) is 11.3 Å². The summed E-state index contributed by atoms with van der Waals surface area (Å²) in [5, 5.41) is 3.70. The minimum atomic E-state index is -0.110. The van der Waals surface area contributed by atoms with Crippen LogP contribution >= 0.6 is 11.3 Å². The van der Waals surface area contributed by atoms with Gasteiger partial charge in [-0.2, -0.15) is 0 Å². The molecule has 26 heavy (non-hydrogen) atoms. The summed E-state index contributed by atoms with van der Waals surface area (Å²) >= 11 is 1.35. The first-order valence-electron chi connectivity index (χ1n) is 8.44. The molecule has 0 bridgehead atoms. The lowest BCUT2D eigenvalue weighted by atomic mass is 10.1. The van der Waals surface area contributed by atoms with E-state index >= 15 is 0 Å². The third-order valence-corrected chi connectivity index (χ3v) is 5.24. The number of aromatic nitrogens is 1. The molecule has 0 unspecified atom stereocenters. The predicted molar refractivity (Wildman–Crippen MR) is 103 cm³/mol. The maximum absolute atomic E-state index is 12.5. The van der Waals surface area contributed by atoms with Crippen molar-refractivity contribution < 1.29 is 13.9 Å². The van der Waals surface area contributed by atoms with Crippen molar-refractivity contribution in [1.29, 1.82) is 0 Å². The zero-order valence-corrected chi connectivity index (χ0v) is 16.2. The van der Waals surface area contributed by atoms with Crippen LogP contribution < -0.4 is 10.1 Å². The molecule has 0 saturated heterocycles. The van der Waals surface area contributed by atoms with Crippen molar-refractivity contribution in [2.75, 3.05) is 13.7 Å². The van der Waals surface area contributed by atoms with E-state index < -0.39 is 0 Å². The van der Waals surface area contributed by atoms with Gasteiger partial charge >= 0.3 is 0 Å². The van der Waals surface area contributed by atoms with Gasteiger partial charge < -0.3 is 14.5 Å². The molecule has 136 valence electrons. The van der Waals surface area contributed by atoms with Crippen LogP contribution in [0.25, 0.3) is 10.8 Å². The summed E-state index contributed by atoms with van der Waals surface area (Å²) in [5.41, 5.74) is 2.97. The molecule has 1 aromatic carbocycles. The van der Waals surface area contributed by atoms with Crippen LogP contribution in [0.5, 0.6) is 5.75 Å². The number of carbonyl (C=O) groups excluding carboxylic acids is 1. The maximum atomic E-state index is 12.5. The van der Waals surface area contributed by atoms with E-state index in [2.05, 4.69) is 16.4 Å². The largest absolute Gasteiger partial charge is 0.496 e. The van der Waals surface area contributed by atoms with Crippen molar-refractivity contribution in [3.8, 4) is 16.5 Å². The number of aryl methyl sites for hydroxylation is 3. The summed E-state index contributed by atoms with van der Waals surface area (Å²) in [6, 6.07) is 9.82. The van der Waals surface area contributed by atoms with Crippen molar-refractivity contribution in [3.63, 3.8) is 0 Å². The molecule has 0 atom stereocenters. The summed E-state index contributed by atoms with van der Waals surface area (Å²) in [6.45, 7) is 6.30. The van der Waals surface area contributed by atoms with E-state index in [1.54, 1.807) is 7.11 Å². The van der Waals surface area contributed by atoms with Gasteiger partial charge in [0, 0.05) is 6.54 Å². The summed E-state index contributed by atoms with van der Waals surface area (Å²) in [6.07, 6.45) is 0.707. The number of amides is 1. The molecule has 2 aromatic heterocycles. The highest BCUT2D eigenvalue weighted by Gasteiger charge is 2.17. The highest BCUT2D eigenvalue weighted by atomic mass is 32.1. The first kappa shape index (κ1) is 18.2.